The number of hydrogen-bond acceptors (Lipinski definition) is 7. The van der Waals surface area contributed by atoms with Crippen LogP contribution >= 0.6 is 0 Å². The van der Waals surface area contributed by atoms with Crippen molar-refractivity contribution in [2.75, 3.05) is 47.9 Å². The van der Waals surface area contributed by atoms with Gasteiger partial charge in [0.15, 0.2) is 0 Å². The Hall–Kier alpha value is -2.54. The molecule has 1 fully saturated rings. The van der Waals surface area contributed by atoms with Crippen molar-refractivity contribution in [3.05, 3.63) is 36.2 Å². The topological polar surface area (TPSA) is 105 Å². The summed E-state index contributed by atoms with van der Waals surface area (Å²) in [6, 6.07) is 7.56. The summed E-state index contributed by atoms with van der Waals surface area (Å²) in [5.41, 5.74) is 14.3. The molecule has 0 radical (unpaired) electrons. The second kappa shape index (κ2) is 6.70. The third-order valence-electron chi connectivity index (χ3n) is 4.00. The molecular formula is C16H23N7. The lowest BCUT2D eigenvalue weighted by Crippen LogP contribution is -2.44. The van der Waals surface area contributed by atoms with Crippen molar-refractivity contribution in [2.24, 2.45) is 0 Å². The average Bonchev–Trinajstić information content (AvgIpc) is 2.58. The summed E-state index contributed by atoms with van der Waals surface area (Å²) in [5, 5.41) is 6.69. The monoisotopic (exact) mass is 313 g/mol. The smallest absolute Gasteiger partial charge is 0.147 e. The molecule has 122 valence electrons. The second-order valence-electron chi connectivity index (χ2n) is 5.69. The van der Waals surface area contributed by atoms with Gasteiger partial charge in [-0.2, -0.15) is 0 Å². The van der Waals surface area contributed by atoms with E-state index in [1.165, 1.54) is 0 Å². The number of piperazine rings is 1. The van der Waals surface area contributed by atoms with Crippen LogP contribution in [0.2, 0.25) is 0 Å². The van der Waals surface area contributed by atoms with Crippen molar-refractivity contribution in [2.45, 2.75) is 13.0 Å². The fourth-order valence-electron chi connectivity index (χ4n) is 2.70. The Labute approximate surface area is 136 Å². The van der Waals surface area contributed by atoms with Gasteiger partial charge in [-0.3, -0.25) is 0 Å². The Morgan fingerprint density at radius 3 is 2.70 bits per heavy atom. The first-order chi connectivity index (χ1) is 11.1. The van der Waals surface area contributed by atoms with E-state index in [-0.39, 0.29) is 6.04 Å². The summed E-state index contributed by atoms with van der Waals surface area (Å²) in [4.78, 5) is 11.3. The molecule has 0 bridgehead atoms. The molecule has 1 saturated heterocycles. The quantitative estimate of drug-likeness (QED) is 0.629. The Kier molecular flexibility index (Phi) is 4.47. The number of nitrogens with one attached hydrogen (secondary N) is 2. The minimum absolute atomic E-state index is 0.0879. The minimum Gasteiger partial charge on any atom is -0.397 e. The van der Waals surface area contributed by atoms with Gasteiger partial charge in [-0.25, -0.2) is 9.97 Å². The van der Waals surface area contributed by atoms with Gasteiger partial charge in [-0.15, -0.1) is 0 Å². The van der Waals surface area contributed by atoms with Gasteiger partial charge in [-0.05, 0) is 19.1 Å². The van der Waals surface area contributed by atoms with Crippen LogP contribution in [0.25, 0.3) is 0 Å². The molecule has 6 N–H and O–H groups in total. The highest BCUT2D eigenvalue weighted by atomic mass is 15.2. The number of nitrogens with zero attached hydrogens (tertiary/aromatic N) is 3. The van der Waals surface area contributed by atoms with E-state index in [1.807, 2.05) is 31.2 Å². The van der Waals surface area contributed by atoms with Crippen LogP contribution < -0.4 is 27.0 Å². The Balaban J connectivity index is 1.82. The summed E-state index contributed by atoms with van der Waals surface area (Å²) in [6.07, 6.45) is 1.74. The van der Waals surface area contributed by atoms with Crippen LogP contribution in [0, 0.1) is 0 Å². The maximum absolute atomic E-state index is 6.04. The molecular weight excluding hydrogens is 290 g/mol. The van der Waals surface area contributed by atoms with Crippen LogP contribution in [0.3, 0.4) is 0 Å². The molecule has 1 aliphatic heterocycles. The zero-order valence-corrected chi connectivity index (χ0v) is 13.3. The van der Waals surface area contributed by atoms with E-state index in [1.54, 1.807) is 6.20 Å². The lowest BCUT2D eigenvalue weighted by Gasteiger charge is -2.29. The summed E-state index contributed by atoms with van der Waals surface area (Å²) >= 11 is 0. The minimum atomic E-state index is -0.0879. The highest BCUT2D eigenvalue weighted by Crippen LogP contribution is 2.26. The highest BCUT2D eigenvalue weighted by Gasteiger charge is 2.17. The largest absolute Gasteiger partial charge is 0.397 e. The molecule has 0 spiro atoms. The van der Waals surface area contributed by atoms with Crippen LogP contribution in [0.15, 0.2) is 30.5 Å². The fourth-order valence-corrected chi connectivity index (χ4v) is 2.70. The van der Waals surface area contributed by atoms with Crippen molar-refractivity contribution in [3.8, 4) is 0 Å². The number of para-hydroxylation sites is 2. The van der Waals surface area contributed by atoms with E-state index >= 15 is 0 Å². The molecule has 0 amide bonds. The first-order valence-corrected chi connectivity index (χ1v) is 7.84. The number of hydrogen-bond donors (Lipinski definition) is 4. The van der Waals surface area contributed by atoms with Crippen molar-refractivity contribution in [1.82, 2.24) is 15.3 Å². The third kappa shape index (κ3) is 3.45. The molecule has 3 rings (SSSR count). The molecule has 23 heavy (non-hydrogen) atoms. The SMILES string of the molecule is CC(Nc1ccccc1N)c1nc(N2CCNCC2)cnc1N. The van der Waals surface area contributed by atoms with Gasteiger partial charge in [-0.1, -0.05) is 12.1 Å². The maximum atomic E-state index is 6.04. The zero-order valence-electron chi connectivity index (χ0n) is 13.3. The maximum Gasteiger partial charge on any atom is 0.147 e. The number of rotatable bonds is 4. The first-order valence-electron chi connectivity index (χ1n) is 7.84. The standard InChI is InChI=1S/C16H23N7/c1-11(21-13-5-3-2-4-12(13)17)15-16(18)20-10-14(22-15)23-8-6-19-7-9-23/h2-5,10-11,19,21H,6-9,17H2,1H3,(H2,18,20). The summed E-state index contributed by atoms with van der Waals surface area (Å²) in [5.74, 6) is 1.31. The number of aromatic nitrogens is 2. The molecule has 0 aliphatic carbocycles. The molecule has 1 aromatic heterocycles. The van der Waals surface area contributed by atoms with Crippen molar-refractivity contribution >= 4 is 23.0 Å². The van der Waals surface area contributed by atoms with Crippen LogP contribution in [0.1, 0.15) is 18.7 Å². The van der Waals surface area contributed by atoms with E-state index in [9.17, 15) is 0 Å². The van der Waals surface area contributed by atoms with Gasteiger partial charge in [0.1, 0.15) is 17.3 Å². The molecule has 0 saturated carbocycles. The van der Waals surface area contributed by atoms with Gasteiger partial charge >= 0.3 is 0 Å². The number of nitrogens with two attached hydrogens (primary N) is 2. The molecule has 2 heterocycles. The van der Waals surface area contributed by atoms with E-state index in [2.05, 4.69) is 20.5 Å². The highest BCUT2D eigenvalue weighted by molar-refractivity contribution is 5.66. The van der Waals surface area contributed by atoms with E-state index in [4.69, 9.17) is 16.5 Å². The Morgan fingerprint density at radius 2 is 1.96 bits per heavy atom. The van der Waals surface area contributed by atoms with Gasteiger partial charge < -0.3 is 27.0 Å². The zero-order chi connectivity index (χ0) is 16.2. The van der Waals surface area contributed by atoms with Crippen LogP contribution in [-0.4, -0.2) is 36.1 Å². The van der Waals surface area contributed by atoms with Gasteiger partial charge in [0.2, 0.25) is 0 Å². The van der Waals surface area contributed by atoms with Crippen molar-refractivity contribution in [3.63, 3.8) is 0 Å². The predicted octanol–water partition coefficient (Wildman–Crippen LogP) is 1.22. The van der Waals surface area contributed by atoms with Gasteiger partial charge in [0, 0.05) is 26.2 Å². The Morgan fingerprint density at radius 1 is 1.22 bits per heavy atom. The van der Waals surface area contributed by atoms with E-state index in [0.717, 1.165) is 43.4 Å². The van der Waals surface area contributed by atoms with Crippen LogP contribution in [0.5, 0.6) is 0 Å². The first kappa shape index (κ1) is 15.4. The van der Waals surface area contributed by atoms with E-state index < -0.39 is 0 Å². The Bertz CT molecular complexity index is 667. The van der Waals surface area contributed by atoms with E-state index in [0.29, 0.717) is 11.5 Å². The fraction of sp³-hybridized carbons (Fsp3) is 0.375. The van der Waals surface area contributed by atoms with Crippen molar-refractivity contribution < 1.29 is 0 Å². The molecule has 1 unspecified atom stereocenters. The summed E-state index contributed by atoms with van der Waals surface area (Å²) < 4.78 is 0. The molecule has 2 aromatic rings. The second-order valence-corrected chi connectivity index (χ2v) is 5.69. The van der Waals surface area contributed by atoms with Gasteiger partial charge in [0.25, 0.3) is 0 Å². The summed E-state index contributed by atoms with van der Waals surface area (Å²) in [7, 11) is 0. The van der Waals surface area contributed by atoms with Gasteiger partial charge in [0.05, 0.1) is 23.6 Å². The lowest BCUT2D eigenvalue weighted by molar-refractivity contribution is 0.583. The molecule has 7 nitrogen and oxygen atoms in total. The average molecular weight is 313 g/mol. The predicted molar refractivity (Wildman–Crippen MR) is 94.4 cm³/mol. The third-order valence-corrected chi connectivity index (χ3v) is 4.00. The van der Waals surface area contributed by atoms with Crippen molar-refractivity contribution in [1.29, 1.82) is 0 Å². The molecule has 1 aromatic carbocycles. The molecule has 7 heteroatoms. The van der Waals surface area contributed by atoms with Crippen LogP contribution in [0.4, 0.5) is 23.0 Å². The number of benzene rings is 1. The number of anilines is 4. The summed E-state index contributed by atoms with van der Waals surface area (Å²) in [6.45, 7) is 5.76. The number of nitrogen functional groups attached to an aromatic ring is 2. The normalized spacial score (nSPS) is 16.1. The molecule has 1 atom stereocenters. The van der Waals surface area contributed by atoms with Crippen LogP contribution in [-0.2, 0) is 0 Å². The lowest BCUT2D eigenvalue weighted by atomic mass is 10.2. The molecule has 1 aliphatic rings.